The van der Waals surface area contributed by atoms with Gasteiger partial charge >= 0.3 is 12.1 Å². The molecule has 1 N–H and O–H groups in total. The van der Waals surface area contributed by atoms with Crippen LogP contribution in [0.25, 0.3) is 0 Å². The number of rotatable bonds is 6. The Bertz CT molecular complexity index is 746. The van der Waals surface area contributed by atoms with Crippen molar-refractivity contribution in [3.8, 4) is 0 Å². The van der Waals surface area contributed by atoms with Crippen LogP contribution in [-0.2, 0) is 25.9 Å². The number of hydrogen-bond donors (Lipinski definition) is 1. The van der Waals surface area contributed by atoms with E-state index in [-0.39, 0.29) is 12.5 Å². The van der Waals surface area contributed by atoms with Crippen molar-refractivity contribution in [3.05, 3.63) is 59.4 Å². The minimum atomic E-state index is -4.44. The van der Waals surface area contributed by atoms with Crippen LogP contribution in [0.2, 0.25) is 0 Å². The number of carboxylic acids is 1. The van der Waals surface area contributed by atoms with Crippen LogP contribution in [-0.4, -0.2) is 30.4 Å². The molecule has 1 aromatic carbocycles. The summed E-state index contributed by atoms with van der Waals surface area (Å²) >= 11 is 0. The molecule has 2 atom stereocenters. The van der Waals surface area contributed by atoms with Crippen LogP contribution in [0.5, 0.6) is 0 Å². The Kier molecular flexibility index (Phi) is 6.13. The van der Waals surface area contributed by atoms with Crippen molar-refractivity contribution in [2.75, 3.05) is 13.2 Å². The number of halogens is 3. The summed E-state index contributed by atoms with van der Waals surface area (Å²) < 4.78 is 50.0. The molecule has 1 aliphatic heterocycles. The lowest BCUT2D eigenvalue weighted by Crippen LogP contribution is -2.30. The maximum atomic E-state index is 12.9. The SMILES string of the molecule is O=C(O)CC1(c2ccc(C(F)(F)F)cc2)C=C(OCC2CCCCO2)C=CC1. The smallest absolute Gasteiger partial charge is 0.416 e. The summed E-state index contributed by atoms with van der Waals surface area (Å²) in [6.45, 7) is 1.07. The quantitative estimate of drug-likeness (QED) is 0.747. The summed E-state index contributed by atoms with van der Waals surface area (Å²) in [6.07, 6.45) is 4.02. The molecular formula is C21H23F3O4. The largest absolute Gasteiger partial charge is 0.491 e. The third-order valence-corrected chi connectivity index (χ3v) is 5.15. The van der Waals surface area contributed by atoms with Crippen molar-refractivity contribution in [1.29, 1.82) is 0 Å². The molecule has 3 rings (SSSR count). The number of aliphatic carboxylic acids is 1. The number of allylic oxidation sites excluding steroid dienone is 3. The summed E-state index contributed by atoms with van der Waals surface area (Å²) in [6, 6.07) is 4.68. The third kappa shape index (κ3) is 4.95. The van der Waals surface area contributed by atoms with E-state index in [0.717, 1.165) is 31.4 Å². The Labute approximate surface area is 161 Å². The van der Waals surface area contributed by atoms with Crippen LogP contribution in [0, 0.1) is 0 Å². The number of alkyl halides is 3. The first-order valence-electron chi connectivity index (χ1n) is 9.32. The topological polar surface area (TPSA) is 55.8 Å². The number of carboxylic acid groups (broad SMARTS) is 1. The van der Waals surface area contributed by atoms with Crippen LogP contribution in [0.1, 0.15) is 43.2 Å². The van der Waals surface area contributed by atoms with E-state index in [1.54, 1.807) is 18.2 Å². The fourth-order valence-corrected chi connectivity index (χ4v) is 3.67. The van der Waals surface area contributed by atoms with Crippen molar-refractivity contribution in [3.63, 3.8) is 0 Å². The molecule has 7 heteroatoms. The molecule has 1 saturated heterocycles. The van der Waals surface area contributed by atoms with E-state index < -0.39 is 23.1 Å². The van der Waals surface area contributed by atoms with Gasteiger partial charge < -0.3 is 14.6 Å². The first-order valence-corrected chi connectivity index (χ1v) is 9.32. The first-order chi connectivity index (χ1) is 13.3. The van der Waals surface area contributed by atoms with Gasteiger partial charge in [-0.25, -0.2) is 0 Å². The molecule has 2 unspecified atom stereocenters. The predicted octanol–water partition coefficient (Wildman–Crippen LogP) is 4.85. The fourth-order valence-electron chi connectivity index (χ4n) is 3.67. The molecule has 0 amide bonds. The summed E-state index contributed by atoms with van der Waals surface area (Å²) in [4.78, 5) is 11.5. The van der Waals surface area contributed by atoms with Gasteiger partial charge in [-0.05, 0) is 55.5 Å². The Morgan fingerprint density at radius 3 is 2.61 bits per heavy atom. The molecule has 4 nitrogen and oxygen atoms in total. The average Bonchev–Trinajstić information content (AvgIpc) is 2.66. The Balaban J connectivity index is 1.82. The zero-order valence-corrected chi connectivity index (χ0v) is 15.4. The van der Waals surface area contributed by atoms with Gasteiger partial charge in [0, 0.05) is 12.0 Å². The second-order valence-electron chi connectivity index (χ2n) is 7.25. The lowest BCUT2D eigenvalue weighted by atomic mass is 9.72. The minimum Gasteiger partial charge on any atom is -0.491 e. The van der Waals surface area contributed by atoms with Gasteiger partial charge in [-0.15, -0.1) is 0 Å². The normalized spacial score (nSPS) is 25.2. The highest BCUT2D eigenvalue weighted by molar-refractivity contribution is 5.70. The molecule has 0 bridgehead atoms. The molecule has 152 valence electrons. The van der Waals surface area contributed by atoms with Gasteiger partial charge in [0.1, 0.15) is 12.4 Å². The van der Waals surface area contributed by atoms with Crippen LogP contribution < -0.4 is 0 Å². The molecule has 2 aliphatic rings. The molecule has 1 heterocycles. The Hall–Kier alpha value is -2.28. The highest BCUT2D eigenvalue weighted by atomic mass is 19.4. The van der Waals surface area contributed by atoms with Gasteiger partial charge in [-0.1, -0.05) is 18.2 Å². The van der Waals surface area contributed by atoms with Gasteiger partial charge in [0.15, 0.2) is 0 Å². The second kappa shape index (κ2) is 8.39. The van der Waals surface area contributed by atoms with E-state index in [1.807, 2.05) is 0 Å². The molecule has 0 aromatic heterocycles. The van der Waals surface area contributed by atoms with E-state index in [2.05, 4.69) is 0 Å². The van der Waals surface area contributed by atoms with Crippen LogP contribution in [0.15, 0.2) is 48.3 Å². The zero-order valence-electron chi connectivity index (χ0n) is 15.4. The molecule has 0 spiro atoms. The molecular weight excluding hydrogens is 373 g/mol. The van der Waals surface area contributed by atoms with Crippen LogP contribution in [0.3, 0.4) is 0 Å². The Morgan fingerprint density at radius 2 is 2.00 bits per heavy atom. The van der Waals surface area contributed by atoms with Gasteiger partial charge in [0.25, 0.3) is 0 Å². The van der Waals surface area contributed by atoms with Crippen molar-refractivity contribution in [2.24, 2.45) is 0 Å². The minimum absolute atomic E-state index is 0.00455. The van der Waals surface area contributed by atoms with Gasteiger partial charge in [-0.3, -0.25) is 4.79 Å². The predicted molar refractivity (Wildman–Crippen MR) is 96.8 cm³/mol. The van der Waals surface area contributed by atoms with Gasteiger partial charge in [0.05, 0.1) is 18.1 Å². The molecule has 1 fully saturated rings. The fraction of sp³-hybridized carbons (Fsp3) is 0.476. The molecule has 1 aromatic rings. The van der Waals surface area contributed by atoms with Gasteiger partial charge in [-0.2, -0.15) is 13.2 Å². The van der Waals surface area contributed by atoms with E-state index in [9.17, 15) is 23.1 Å². The molecule has 0 radical (unpaired) electrons. The Morgan fingerprint density at radius 1 is 1.25 bits per heavy atom. The average molecular weight is 396 g/mol. The summed E-state index contributed by atoms with van der Waals surface area (Å²) in [7, 11) is 0. The highest BCUT2D eigenvalue weighted by Gasteiger charge is 2.36. The summed E-state index contributed by atoms with van der Waals surface area (Å²) in [5, 5.41) is 9.40. The maximum absolute atomic E-state index is 12.9. The lowest BCUT2D eigenvalue weighted by molar-refractivity contribution is -0.139. The van der Waals surface area contributed by atoms with Crippen molar-refractivity contribution >= 4 is 5.97 Å². The second-order valence-corrected chi connectivity index (χ2v) is 7.25. The standard InChI is InChI=1S/C21H23F3O4/c22-21(23,24)16-8-6-15(7-9-16)20(13-19(25)26)10-3-5-17(12-20)28-14-18-4-1-2-11-27-18/h3,5-9,12,18H,1-2,4,10-11,13-14H2,(H,25,26). The maximum Gasteiger partial charge on any atom is 0.416 e. The molecule has 28 heavy (non-hydrogen) atoms. The van der Waals surface area contributed by atoms with Crippen LogP contribution >= 0.6 is 0 Å². The van der Waals surface area contributed by atoms with Gasteiger partial charge in [0.2, 0.25) is 0 Å². The number of ether oxygens (including phenoxy) is 2. The third-order valence-electron chi connectivity index (χ3n) is 5.15. The van der Waals surface area contributed by atoms with Crippen molar-refractivity contribution in [1.82, 2.24) is 0 Å². The van der Waals surface area contributed by atoms with Crippen molar-refractivity contribution in [2.45, 2.75) is 49.8 Å². The highest BCUT2D eigenvalue weighted by Crippen LogP contribution is 2.39. The number of hydrogen-bond acceptors (Lipinski definition) is 3. The summed E-state index contributed by atoms with van der Waals surface area (Å²) in [5.74, 6) is -0.511. The van der Waals surface area contributed by atoms with E-state index in [1.165, 1.54) is 12.1 Å². The lowest BCUT2D eigenvalue weighted by Gasteiger charge is -2.32. The monoisotopic (exact) mass is 396 g/mol. The number of benzene rings is 1. The van der Waals surface area contributed by atoms with Crippen LogP contribution in [0.4, 0.5) is 13.2 Å². The van der Waals surface area contributed by atoms with Crippen molar-refractivity contribution < 1.29 is 32.5 Å². The van der Waals surface area contributed by atoms with E-state index in [0.29, 0.717) is 31.0 Å². The number of carbonyl (C=O) groups is 1. The summed E-state index contributed by atoms with van der Waals surface area (Å²) in [5.41, 5.74) is -1.20. The van der Waals surface area contributed by atoms with E-state index in [4.69, 9.17) is 9.47 Å². The molecule has 0 saturated carbocycles. The zero-order chi connectivity index (χ0) is 20.2. The molecule has 1 aliphatic carbocycles. The van der Waals surface area contributed by atoms with E-state index >= 15 is 0 Å². The first kappa shape index (κ1) is 20.5.